The van der Waals surface area contributed by atoms with Gasteiger partial charge in [-0.2, -0.15) is 21.5 Å². The lowest BCUT2D eigenvalue weighted by molar-refractivity contribution is -0.145. The first-order valence-electron chi connectivity index (χ1n) is 4.20. The number of halogens is 2. The summed E-state index contributed by atoms with van der Waals surface area (Å²) in [5, 5.41) is 0. The first kappa shape index (κ1) is 13.1. The summed E-state index contributed by atoms with van der Waals surface area (Å²) in [6.07, 6.45) is -1.44. The summed E-state index contributed by atoms with van der Waals surface area (Å²) in [6, 6.07) is 0. The van der Waals surface area contributed by atoms with Gasteiger partial charge in [-0.15, -0.1) is 0 Å². The lowest BCUT2D eigenvalue weighted by atomic mass is 10.1. The Morgan fingerprint density at radius 3 is 2.50 bits per heavy atom. The average Bonchev–Trinajstić information content (AvgIpc) is 1.96. The maximum absolute atomic E-state index is 11.6. The molecule has 0 atom stereocenters. The summed E-state index contributed by atoms with van der Waals surface area (Å²) in [4.78, 5) is 10.2. The number of nitrogens with two attached hydrogens (primary N) is 1. The third kappa shape index (κ3) is 3.54. The second kappa shape index (κ2) is 4.89. The summed E-state index contributed by atoms with van der Waals surface area (Å²) < 4.78 is 54.1. The van der Waals surface area contributed by atoms with Gasteiger partial charge in [0.1, 0.15) is 0 Å². The second-order valence-corrected chi connectivity index (χ2v) is 4.68. The van der Waals surface area contributed by atoms with E-state index in [-0.39, 0.29) is 25.6 Å². The highest BCUT2D eigenvalue weighted by atomic mass is 32.2. The van der Waals surface area contributed by atoms with Crippen LogP contribution >= 0.6 is 0 Å². The van der Waals surface area contributed by atoms with Crippen LogP contribution in [-0.4, -0.2) is 45.1 Å². The van der Waals surface area contributed by atoms with E-state index in [1.165, 1.54) is 0 Å². The monoisotopic (exact) mass is 260 g/mol. The van der Waals surface area contributed by atoms with Crippen molar-refractivity contribution in [1.29, 1.82) is 0 Å². The molecule has 10 heteroatoms. The van der Waals surface area contributed by atoms with Gasteiger partial charge in [-0.1, -0.05) is 0 Å². The number of alkyl halides is 2. The molecule has 7 nitrogen and oxygen atoms in total. The summed E-state index contributed by atoms with van der Waals surface area (Å²) in [5.41, 5.74) is 4.54. The molecule has 1 aliphatic heterocycles. The van der Waals surface area contributed by atoms with Gasteiger partial charge >= 0.3 is 23.0 Å². The molecule has 1 rings (SSSR count). The highest BCUT2D eigenvalue weighted by molar-refractivity contribution is 7.84. The molecule has 1 aliphatic rings. The Balaban J connectivity index is 2.32. The van der Waals surface area contributed by atoms with E-state index in [1.54, 1.807) is 0 Å². The van der Waals surface area contributed by atoms with Crippen molar-refractivity contribution in [3.05, 3.63) is 0 Å². The first-order chi connectivity index (χ1) is 7.31. The highest BCUT2D eigenvalue weighted by Gasteiger charge is 2.38. The molecule has 0 spiro atoms. The number of amides is 1. The van der Waals surface area contributed by atoms with Crippen LogP contribution in [0.15, 0.2) is 0 Å². The van der Waals surface area contributed by atoms with Crippen molar-refractivity contribution in [2.45, 2.75) is 6.61 Å². The van der Waals surface area contributed by atoms with Gasteiger partial charge < -0.3 is 14.7 Å². The van der Waals surface area contributed by atoms with Crippen molar-refractivity contribution in [2.75, 3.05) is 19.7 Å². The Kier molecular flexibility index (Phi) is 3.99. The number of nitrogens with zero attached hydrogens (tertiary/aromatic N) is 1. The number of ether oxygens (including phenoxy) is 1. The summed E-state index contributed by atoms with van der Waals surface area (Å²) in [6.45, 7) is -3.21. The Morgan fingerprint density at radius 1 is 1.50 bits per heavy atom. The molecular formula is C6H10F2N2O5S. The van der Waals surface area contributed by atoms with Crippen LogP contribution in [0.1, 0.15) is 0 Å². The zero-order chi connectivity index (χ0) is 12.3. The minimum atomic E-state index is -4.18. The van der Waals surface area contributed by atoms with Gasteiger partial charge in [0.2, 0.25) is 0 Å². The number of carbonyl (C=O) groups is 1. The fraction of sp³-hybridized carbons (Fsp3) is 0.833. The quantitative estimate of drug-likeness (QED) is 0.718. The van der Waals surface area contributed by atoms with Crippen LogP contribution in [0.4, 0.5) is 13.6 Å². The topological polar surface area (TPSA) is 98.9 Å². The van der Waals surface area contributed by atoms with Crippen LogP contribution in [0.5, 0.6) is 0 Å². The van der Waals surface area contributed by atoms with E-state index in [2.05, 4.69) is 14.7 Å². The first-order valence-corrected chi connectivity index (χ1v) is 5.56. The van der Waals surface area contributed by atoms with Crippen LogP contribution in [0.2, 0.25) is 0 Å². The van der Waals surface area contributed by atoms with Crippen molar-refractivity contribution in [3.8, 4) is 0 Å². The Hall–Kier alpha value is -1.00. The maximum Gasteiger partial charge on any atom is 0.421 e. The Morgan fingerprint density at radius 2 is 2.06 bits per heavy atom. The van der Waals surface area contributed by atoms with E-state index in [9.17, 15) is 22.0 Å². The third-order valence-corrected chi connectivity index (χ3v) is 3.19. The molecule has 0 bridgehead atoms. The molecule has 0 aliphatic carbocycles. The molecule has 0 aromatic heterocycles. The lowest BCUT2D eigenvalue weighted by Gasteiger charge is -2.36. The van der Waals surface area contributed by atoms with E-state index >= 15 is 0 Å². The average molecular weight is 260 g/mol. The minimum Gasteiger partial charge on any atom is -0.334 e. The molecule has 0 unspecified atom stereocenters. The van der Waals surface area contributed by atoms with Crippen LogP contribution in [-0.2, 0) is 19.2 Å². The highest BCUT2D eigenvalue weighted by Crippen LogP contribution is 2.21. The van der Waals surface area contributed by atoms with Gasteiger partial charge in [-0.25, -0.2) is 4.79 Å². The third-order valence-electron chi connectivity index (χ3n) is 1.89. The predicted molar refractivity (Wildman–Crippen MR) is 46.6 cm³/mol. The van der Waals surface area contributed by atoms with Crippen molar-refractivity contribution in [2.24, 2.45) is 11.7 Å². The van der Waals surface area contributed by atoms with E-state index in [4.69, 9.17) is 0 Å². The minimum absolute atomic E-state index is 0.0394. The van der Waals surface area contributed by atoms with Crippen molar-refractivity contribution >= 4 is 16.4 Å². The lowest BCUT2D eigenvalue weighted by Crippen LogP contribution is -2.52. The summed E-state index contributed by atoms with van der Waals surface area (Å²) in [7, 11) is -4.18. The van der Waals surface area contributed by atoms with Gasteiger partial charge in [0, 0.05) is 19.0 Å². The molecule has 0 radical (unpaired) electrons. The zero-order valence-corrected chi connectivity index (χ0v) is 8.82. The van der Waals surface area contributed by atoms with Gasteiger partial charge in [-0.05, 0) is 0 Å². The fourth-order valence-corrected chi connectivity index (χ4v) is 2.28. The van der Waals surface area contributed by atoms with Crippen LogP contribution < -0.4 is 5.73 Å². The van der Waals surface area contributed by atoms with Crippen LogP contribution in [0.3, 0.4) is 0 Å². The number of hydrogen-bond acceptors (Lipinski definition) is 5. The summed E-state index contributed by atoms with van der Waals surface area (Å²) >= 11 is 0. The molecule has 1 saturated heterocycles. The van der Waals surface area contributed by atoms with Gasteiger partial charge in [0.25, 0.3) is 0 Å². The largest absolute Gasteiger partial charge is 0.421 e. The SMILES string of the molecule is NC(=O)OS(=O)(=O)N1CC(COC(F)F)C1. The van der Waals surface area contributed by atoms with Crippen molar-refractivity contribution in [1.82, 2.24) is 4.31 Å². The van der Waals surface area contributed by atoms with E-state index < -0.39 is 23.0 Å². The fourth-order valence-electron chi connectivity index (χ4n) is 1.18. The number of rotatable bonds is 5. The second-order valence-electron chi connectivity index (χ2n) is 3.14. The molecule has 94 valence electrons. The molecule has 1 amide bonds. The van der Waals surface area contributed by atoms with Crippen molar-refractivity contribution in [3.63, 3.8) is 0 Å². The van der Waals surface area contributed by atoms with Crippen LogP contribution in [0.25, 0.3) is 0 Å². The van der Waals surface area contributed by atoms with Crippen molar-refractivity contribution < 1.29 is 30.9 Å². The van der Waals surface area contributed by atoms with Crippen LogP contribution in [0, 0.1) is 5.92 Å². The number of primary amides is 1. The van der Waals surface area contributed by atoms with E-state index in [0.29, 0.717) is 0 Å². The summed E-state index contributed by atoms with van der Waals surface area (Å²) in [5.74, 6) is -0.333. The van der Waals surface area contributed by atoms with Gasteiger partial charge in [0.15, 0.2) is 0 Å². The molecule has 0 aromatic carbocycles. The Bertz CT molecular complexity index is 354. The molecule has 1 fully saturated rings. The Labute approximate surface area is 90.3 Å². The molecule has 2 N–H and O–H groups in total. The predicted octanol–water partition coefficient (Wildman–Crippen LogP) is -0.502. The molecule has 16 heavy (non-hydrogen) atoms. The number of carbonyl (C=O) groups excluding carboxylic acids is 1. The molecule has 1 heterocycles. The number of hydrogen-bond donors (Lipinski definition) is 1. The van der Waals surface area contributed by atoms with Gasteiger partial charge in [-0.3, -0.25) is 0 Å². The normalized spacial score (nSPS) is 18.4. The molecular weight excluding hydrogens is 250 g/mol. The molecule has 0 saturated carbocycles. The standard InChI is InChI=1S/C6H10F2N2O5S/c7-5(8)14-3-4-1-10(2-4)16(12,13)15-6(9)11/h4-5H,1-3H2,(H2,9,11). The molecule has 0 aromatic rings. The zero-order valence-electron chi connectivity index (χ0n) is 8.01. The van der Waals surface area contributed by atoms with E-state index in [0.717, 1.165) is 4.31 Å². The van der Waals surface area contributed by atoms with E-state index in [1.807, 2.05) is 0 Å². The maximum atomic E-state index is 11.6. The van der Waals surface area contributed by atoms with Gasteiger partial charge in [0.05, 0.1) is 6.61 Å². The smallest absolute Gasteiger partial charge is 0.334 e.